The van der Waals surface area contributed by atoms with Gasteiger partial charge < -0.3 is 4.74 Å². The average molecular weight is 344 g/mol. The highest BCUT2D eigenvalue weighted by molar-refractivity contribution is 5.95. The molecule has 0 spiro atoms. The lowest BCUT2D eigenvalue weighted by Crippen LogP contribution is -2.44. The van der Waals surface area contributed by atoms with Crippen molar-refractivity contribution in [3.63, 3.8) is 0 Å². The Morgan fingerprint density at radius 3 is 2.52 bits per heavy atom. The summed E-state index contributed by atoms with van der Waals surface area (Å²) in [4.78, 5) is 23.7. The fourth-order valence-electron chi connectivity index (χ4n) is 2.26. The molecule has 2 aromatic rings. The topological polar surface area (TPSA) is 67.4 Å². The first-order chi connectivity index (χ1) is 11.9. The van der Waals surface area contributed by atoms with Crippen LogP contribution in [0.4, 0.5) is 4.39 Å². The Labute approximate surface area is 146 Å². The molecule has 0 aliphatic heterocycles. The van der Waals surface area contributed by atoms with E-state index in [0.29, 0.717) is 5.75 Å². The van der Waals surface area contributed by atoms with Crippen LogP contribution in [0.25, 0.3) is 0 Å². The van der Waals surface area contributed by atoms with E-state index in [1.165, 1.54) is 24.3 Å². The molecule has 25 heavy (non-hydrogen) atoms. The SMILES string of the molecule is Cc1ccc(C(C)C)c(OCC(=O)NNC(=O)c2ccccc2F)c1. The maximum atomic E-state index is 13.5. The molecule has 2 aromatic carbocycles. The Morgan fingerprint density at radius 1 is 1.12 bits per heavy atom. The van der Waals surface area contributed by atoms with E-state index in [0.717, 1.165) is 11.1 Å². The predicted octanol–water partition coefficient (Wildman–Crippen LogP) is 3.10. The largest absolute Gasteiger partial charge is 0.483 e. The third-order valence-electron chi connectivity index (χ3n) is 3.58. The van der Waals surface area contributed by atoms with Crippen LogP contribution < -0.4 is 15.6 Å². The van der Waals surface area contributed by atoms with Crippen molar-refractivity contribution in [2.75, 3.05) is 6.61 Å². The Morgan fingerprint density at radius 2 is 1.84 bits per heavy atom. The number of hydrazine groups is 1. The molecular weight excluding hydrogens is 323 g/mol. The van der Waals surface area contributed by atoms with Crippen LogP contribution in [0.3, 0.4) is 0 Å². The first-order valence-corrected chi connectivity index (χ1v) is 7.95. The lowest BCUT2D eigenvalue weighted by Gasteiger charge is -2.15. The molecule has 0 atom stereocenters. The molecule has 0 heterocycles. The van der Waals surface area contributed by atoms with Crippen LogP contribution in [0.1, 0.15) is 41.3 Å². The van der Waals surface area contributed by atoms with E-state index in [1.54, 1.807) is 0 Å². The fourth-order valence-corrected chi connectivity index (χ4v) is 2.26. The van der Waals surface area contributed by atoms with Gasteiger partial charge in [0.05, 0.1) is 5.56 Å². The molecule has 2 amide bonds. The van der Waals surface area contributed by atoms with Gasteiger partial charge in [-0.2, -0.15) is 0 Å². The summed E-state index contributed by atoms with van der Waals surface area (Å²) in [5.41, 5.74) is 6.24. The molecule has 0 unspecified atom stereocenters. The van der Waals surface area contributed by atoms with Gasteiger partial charge >= 0.3 is 0 Å². The standard InChI is InChI=1S/C19H21FN2O3/c1-12(2)14-9-8-13(3)10-17(14)25-11-18(23)21-22-19(24)15-6-4-5-7-16(15)20/h4-10,12H,11H2,1-3H3,(H,21,23)(H,22,24). The molecule has 0 saturated heterocycles. The number of hydrogen-bond donors (Lipinski definition) is 2. The Bertz CT molecular complexity index is 775. The van der Waals surface area contributed by atoms with Crippen LogP contribution in [-0.2, 0) is 4.79 Å². The molecule has 2 N–H and O–H groups in total. The summed E-state index contributed by atoms with van der Waals surface area (Å²) in [5, 5.41) is 0. The normalized spacial score (nSPS) is 10.4. The zero-order valence-corrected chi connectivity index (χ0v) is 14.4. The van der Waals surface area contributed by atoms with E-state index < -0.39 is 17.6 Å². The third kappa shape index (κ3) is 5.04. The summed E-state index contributed by atoms with van der Waals surface area (Å²) in [7, 11) is 0. The van der Waals surface area contributed by atoms with Crippen molar-refractivity contribution < 1.29 is 18.7 Å². The average Bonchev–Trinajstić information content (AvgIpc) is 2.58. The van der Waals surface area contributed by atoms with Gasteiger partial charge in [0.15, 0.2) is 6.61 Å². The molecule has 6 heteroatoms. The maximum Gasteiger partial charge on any atom is 0.276 e. The zero-order valence-electron chi connectivity index (χ0n) is 14.4. The van der Waals surface area contributed by atoms with Gasteiger partial charge in [0.2, 0.25) is 0 Å². The number of aryl methyl sites for hydroxylation is 1. The van der Waals surface area contributed by atoms with Crippen LogP contribution in [0.5, 0.6) is 5.75 Å². The summed E-state index contributed by atoms with van der Waals surface area (Å²) in [5.74, 6) is -1.05. The van der Waals surface area contributed by atoms with Gasteiger partial charge in [-0.1, -0.05) is 38.1 Å². The van der Waals surface area contributed by atoms with Crippen molar-refractivity contribution in [1.82, 2.24) is 10.9 Å². The molecular formula is C19H21FN2O3. The molecule has 0 bridgehead atoms. The number of rotatable bonds is 5. The minimum atomic E-state index is -0.732. The number of ether oxygens (including phenoxy) is 1. The third-order valence-corrected chi connectivity index (χ3v) is 3.58. The van der Waals surface area contributed by atoms with Gasteiger partial charge in [0.25, 0.3) is 11.8 Å². The van der Waals surface area contributed by atoms with E-state index >= 15 is 0 Å². The molecule has 0 aliphatic carbocycles. The Hall–Kier alpha value is -2.89. The second-order valence-electron chi connectivity index (χ2n) is 5.97. The second-order valence-corrected chi connectivity index (χ2v) is 5.97. The number of amides is 2. The maximum absolute atomic E-state index is 13.5. The molecule has 5 nitrogen and oxygen atoms in total. The summed E-state index contributed by atoms with van der Waals surface area (Å²) in [6.45, 7) is 5.74. The number of carbonyl (C=O) groups excluding carboxylic acids is 2. The van der Waals surface area contributed by atoms with Crippen molar-refractivity contribution >= 4 is 11.8 Å². The summed E-state index contributed by atoms with van der Waals surface area (Å²) >= 11 is 0. The summed E-state index contributed by atoms with van der Waals surface area (Å²) in [6, 6.07) is 11.3. The first-order valence-electron chi connectivity index (χ1n) is 7.95. The second kappa shape index (κ2) is 8.28. The minimum absolute atomic E-state index is 0.149. The van der Waals surface area contributed by atoms with Gasteiger partial charge in [-0.15, -0.1) is 0 Å². The van der Waals surface area contributed by atoms with Crippen LogP contribution >= 0.6 is 0 Å². The van der Waals surface area contributed by atoms with Crippen LogP contribution in [-0.4, -0.2) is 18.4 Å². The Balaban J connectivity index is 1.90. The van der Waals surface area contributed by atoms with Crippen molar-refractivity contribution in [3.05, 3.63) is 65.0 Å². The fraction of sp³-hybridized carbons (Fsp3) is 0.263. The highest BCUT2D eigenvalue weighted by Gasteiger charge is 2.13. The highest BCUT2D eigenvalue weighted by atomic mass is 19.1. The number of nitrogens with one attached hydrogen (secondary N) is 2. The van der Waals surface area contributed by atoms with Gasteiger partial charge in [-0.3, -0.25) is 20.4 Å². The lowest BCUT2D eigenvalue weighted by atomic mass is 10.0. The zero-order chi connectivity index (χ0) is 18.4. The highest BCUT2D eigenvalue weighted by Crippen LogP contribution is 2.27. The number of hydrogen-bond acceptors (Lipinski definition) is 3. The van der Waals surface area contributed by atoms with Gasteiger partial charge in [-0.05, 0) is 42.2 Å². The van der Waals surface area contributed by atoms with E-state index in [1.807, 2.05) is 39.0 Å². The predicted molar refractivity (Wildman–Crippen MR) is 92.8 cm³/mol. The molecule has 132 valence electrons. The van der Waals surface area contributed by atoms with Gasteiger partial charge in [0.1, 0.15) is 11.6 Å². The van der Waals surface area contributed by atoms with Gasteiger partial charge in [-0.25, -0.2) is 4.39 Å². The first kappa shape index (κ1) is 18.4. The summed E-state index contributed by atoms with van der Waals surface area (Å²) in [6.07, 6.45) is 0. The van der Waals surface area contributed by atoms with E-state index in [-0.39, 0.29) is 18.1 Å². The molecule has 0 aromatic heterocycles. The smallest absolute Gasteiger partial charge is 0.276 e. The quantitative estimate of drug-likeness (QED) is 0.819. The Kier molecular flexibility index (Phi) is 6.11. The van der Waals surface area contributed by atoms with Crippen molar-refractivity contribution in [2.24, 2.45) is 0 Å². The van der Waals surface area contributed by atoms with E-state index in [4.69, 9.17) is 4.74 Å². The monoisotopic (exact) mass is 344 g/mol. The van der Waals surface area contributed by atoms with Crippen LogP contribution in [0.2, 0.25) is 0 Å². The lowest BCUT2D eigenvalue weighted by molar-refractivity contribution is -0.123. The molecule has 0 radical (unpaired) electrons. The number of halogens is 1. The van der Waals surface area contributed by atoms with Gasteiger partial charge in [0, 0.05) is 0 Å². The minimum Gasteiger partial charge on any atom is -0.483 e. The van der Waals surface area contributed by atoms with E-state index in [9.17, 15) is 14.0 Å². The molecule has 0 fully saturated rings. The number of benzene rings is 2. The molecule has 0 aliphatic rings. The van der Waals surface area contributed by atoms with Crippen molar-refractivity contribution in [2.45, 2.75) is 26.7 Å². The molecule has 2 rings (SSSR count). The van der Waals surface area contributed by atoms with Crippen molar-refractivity contribution in [1.29, 1.82) is 0 Å². The van der Waals surface area contributed by atoms with E-state index in [2.05, 4.69) is 10.9 Å². The van der Waals surface area contributed by atoms with Crippen molar-refractivity contribution in [3.8, 4) is 5.75 Å². The van der Waals surface area contributed by atoms with Crippen LogP contribution in [0.15, 0.2) is 42.5 Å². The summed E-state index contributed by atoms with van der Waals surface area (Å²) < 4.78 is 19.1. The van der Waals surface area contributed by atoms with Crippen LogP contribution in [0, 0.1) is 12.7 Å². The molecule has 0 saturated carbocycles. The number of carbonyl (C=O) groups is 2.